The number of rotatable bonds is 0. The Morgan fingerprint density at radius 1 is 1.44 bits per heavy atom. The number of nitrogens with one attached hydrogen (secondary N) is 1. The number of fused-ring (bicyclic) bond motifs is 2. The molecule has 2 heterocycles. The molecule has 0 saturated carbocycles. The molecule has 1 N–H and O–H groups in total. The van der Waals surface area contributed by atoms with E-state index < -0.39 is 9.84 Å². The zero-order valence-corrected chi connectivity index (χ0v) is 5.82. The Labute approximate surface area is 54.4 Å². The molecule has 2 bridgehead atoms. The highest BCUT2D eigenvalue weighted by Gasteiger charge is 2.43. The Morgan fingerprint density at radius 3 is 2.44 bits per heavy atom. The van der Waals surface area contributed by atoms with Gasteiger partial charge in [-0.25, -0.2) is 8.42 Å². The lowest BCUT2D eigenvalue weighted by molar-refractivity contribution is 0.576. The Bertz CT molecular complexity index is 221. The van der Waals surface area contributed by atoms with Gasteiger partial charge in [0.1, 0.15) is 0 Å². The van der Waals surface area contributed by atoms with Gasteiger partial charge in [-0.3, -0.25) is 0 Å². The highest BCUT2D eigenvalue weighted by Crippen LogP contribution is 2.25. The van der Waals surface area contributed by atoms with E-state index in [1.165, 1.54) is 0 Å². The molecule has 2 atom stereocenters. The van der Waals surface area contributed by atoms with Crippen LogP contribution in [0.15, 0.2) is 0 Å². The lowest BCUT2D eigenvalue weighted by Gasteiger charge is -2.10. The van der Waals surface area contributed by atoms with Crippen molar-refractivity contribution in [3.05, 3.63) is 0 Å². The maximum Gasteiger partial charge on any atom is 0.155 e. The quantitative estimate of drug-likeness (QED) is 0.485. The number of sulfone groups is 1. The molecule has 0 aliphatic carbocycles. The molecule has 4 heteroatoms. The predicted octanol–water partition coefficient (Wildman–Crippen LogP) is -0.855. The largest absolute Gasteiger partial charge is 0.312 e. The summed E-state index contributed by atoms with van der Waals surface area (Å²) in [5.74, 6) is 0.373. The van der Waals surface area contributed by atoms with Crippen molar-refractivity contribution in [3.8, 4) is 0 Å². The minimum Gasteiger partial charge on any atom is -0.312 e. The number of hydrogen-bond donors (Lipinski definition) is 1. The molecule has 2 aliphatic rings. The topological polar surface area (TPSA) is 46.2 Å². The van der Waals surface area contributed by atoms with Crippen molar-refractivity contribution in [1.29, 1.82) is 0 Å². The van der Waals surface area contributed by atoms with E-state index in [1.54, 1.807) is 0 Å². The molecular formula is C5H9NO2S. The van der Waals surface area contributed by atoms with Crippen LogP contribution >= 0.6 is 0 Å². The Balaban J connectivity index is 2.39. The molecule has 0 amide bonds. The van der Waals surface area contributed by atoms with Crippen LogP contribution in [0.3, 0.4) is 0 Å². The normalized spacial score (nSPS) is 45.8. The molecular weight excluding hydrogens is 138 g/mol. The summed E-state index contributed by atoms with van der Waals surface area (Å²) in [5.41, 5.74) is 0. The highest BCUT2D eigenvalue weighted by molar-refractivity contribution is 7.92. The Hall–Kier alpha value is -0.0900. The molecule has 0 aromatic carbocycles. The first-order valence-electron chi connectivity index (χ1n) is 3.13. The van der Waals surface area contributed by atoms with Gasteiger partial charge in [0.25, 0.3) is 0 Å². The van der Waals surface area contributed by atoms with Gasteiger partial charge in [0.15, 0.2) is 9.84 Å². The fourth-order valence-electron chi connectivity index (χ4n) is 1.60. The van der Waals surface area contributed by atoms with Crippen LogP contribution in [0.2, 0.25) is 0 Å². The third kappa shape index (κ3) is 0.697. The van der Waals surface area contributed by atoms with Gasteiger partial charge in [-0.05, 0) is 6.42 Å². The average Bonchev–Trinajstić information content (AvgIpc) is 2.19. The third-order valence-corrected chi connectivity index (χ3v) is 4.36. The van der Waals surface area contributed by atoms with Gasteiger partial charge in [-0.2, -0.15) is 0 Å². The van der Waals surface area contributed by atoms with Crippen molar-refractivity contribution in [2.45, 2.75) is 17.7 Å². The molecule has 0 radical (unpaired) electrons. The van der Waals surface area contributed by atoms with Gasteiger partial charge >= 0.3 is 0 Å². The first-order valence-corrected chi connectivity index (χ1v) is 4.85. The number of hydrogen-bond acceptors (Lipinski definition) is 3. The molecule has 2 fully saturated rings. The molecule has 52 valence electrons. The monoisotopic (exact) mass is 147 g/mol. The average molecular weight is 147 g/mol. The van der Waals surface area contributed by atoms with E-state index in [-0.39, 0.29) is 11.3 Å². The van der Waals surface area contributed by atoms with Crippen LogP contribution in [0.4, 0.5) is 0 Å². The maximum absolute atomic E-state index is 11.0. The Morgan fingerprint density at radius 2 is 2.22 bits per heavy atom. The molecule has 2 aliphatic heterocycles. The second-order valence-electron chi connectivity index (χ2n) is 2.79. The van der Waals surface area contributed by atoms with E-state index >= 15 is 0 Å². The van der Waals surface area contributed by atoms with E-state index in [2.05, 4.69) is 5.32 Å². The summed E-state index contributed by atoms with van der Waals surface area (Å²) in [6.07, 6.45) is 0.850. The molecule has 2 rings (SSSR count). The zero-order valence-electron chi connectivity index (χ0n) is 5.00. The first kappa shape index (κ1) is 5.68. The Kier molecular flexibility index (Phi) is 0.941. The summed E-state index contributed by atoms with van der Waals surface area (Å²) >= 11 is 0. The van der Waals surface area contributed by atoms with Crippen molar-refractivity contribution in [2.75, 3.05) is 12.3 Å². The molecule has 0 aromatic heterocycles. The van der Waals surface area contributed by atoms with Gasteiger partial charge < -0.3 is 5.32 Å². The SMILES string of the molecule is O=S1(=O)CC2C[C@H]1CN2. The maximum atomic E-state index is 11.0. The van der Waals surface area contributed by atoms with Crippen LogP contribution in [0.25, 0.3) is 0 Å². The van der Waals surface area contributed by atoms with Gasteiger partial charge in [0.05, 0.1) is 11.0 Å². The third-order valence-electron chi connectivity index (χ3n) is 2.12. The highest BCUT2D eigenvalue weighted by atomic mass is 32.2. The van der Waals surface area contributed by atoms with Crippen LogP contribution in [0, 0.1) is 0 Å². The van der Waals surface area contributed by atoms with Crippen LogP contribution in [-0.4, -0.2) is 32.0 Å². The van der Waals surface area contributed by atoms with Crippen molar-refractivity contribution < 1.29 is 8.42 Å². The van der Waals surface area contributed by atoms with Crippen molar-refractivity contribution >= 4 is 9.84 Å². The molecule has 2 saturated heterocycles. The van der Waals surface area contributed by atoms with E-state index in [9.17, 15) is 8.42 Å². The second kappa shape index (κ2) is 1.49. The molecule has 1 unspecified atom stereocenters. The van der Waals surface area contributed by atoms with Crippen molar-refractivity contribution in [3.63, 3.8) is 0 Å². The summed E-state index contributed by atoms with van der Waals surface area (Å²) in [4.78, 5) is 0. The molecule has 0 spiro atoms. The fraction of sp³-hybridized carbons (Fsp3) is 1.00. The lowest BCUT2D eigenvalue weighted by Crippen LogP contribution is -2.35. The first-order chi connectivity index (χ1) is 4.18. The van der Waals surface area contributed by atoms with Crippen LogP contribution < -0.4 is 5.32 Å². The van der Waals surface area contributed by atoms with Gasteiger partial charge in [0.2, 0.25) is 0 Å². The van der Waals surface area contributed by atoms with Gasteiger partial charge in [-0.1, -0.05) is 0 Å². The summed E-state index contributed by atoms with van der Waals surface area (Å²) in [5, 5.41) is 3.08. The molecule has 3 nitrogen and oxygen atoms in total. The minimum atomic E-state index is -2.65. The summed E-state index contributed by atoms with van der Waals surface area (Å²) < 4.78 is 22.0. The minimum absolute atomic E-state index is 0.0532. The van der Waals surface area contributed by atoms with Crippen LogP contribution in [0.5, 0.6) is 0 Å². The molecule has 0 aromatic rings. The van der Waals surface area contributed by atoms with E-state index in [1.807, 2.05) is 0 Å². The van der Waals surface area contributed by atoms with Crippen molar-refractivity contribution in [1.82, 2.24) is 5.32 Å². The lowest BCUT2D eigenvalue weighted by atomic mass is 10.3. The van der Waals surface area contributed by atoms with E-state index in [4.69, 9.17) is 0 Å². The van der Waals surface area contributed by atoms with Gasteiger partial charge in [-0.15, -0.1) is 0 Å². The van der Waals surface area contributed by atoms with Crippen LogP contribution in [0.1, 0.15) is 6.42 Å². The van der Waals surface area contributed by atoms with Crippen molar-refractivity contribution in [2.24, 2.45) is 0 Å². The van der Waals surface area contributed by atoms with Crippen LogP contribution in [-0.2, 0) is 9.84 Å². The van der Waals surface area contributed by atoms with Gasteiger partial charge in [0, 0.05) is 12.6 Å². The smallest absolute Gasteiger partial charge is 0.155 e. The fourth-order valence-corrected chi connectivity index (χ4v) is 3.56. The second-order valence-corrected chi connectivity index (χ2v) is 5.12. The standard InChI is InChI=1S/C5H9NO2S/c7-9(8)3-4-1-5(9)2-6-4/h4-6H,1-3H2/t4?,5-/m0/s1. The predicted molar refractivity (Wildman–Crippen MR) is 34.0 cm³/mol. The summed E-state index contributed by atoms with van der Waals surface area (Å²) in [7, 11) is -2.65. The van der Waals surface area contributed by atoms with E-state index in [0.29, 0.717) is 12.3 Å². The zero-order chi connectivity index (χ0) is 6.48. The summed E-state index contributed by atoms with van der Waals surface area (Å²) in [6.45, 7) is 0.688. The summed E-state index contributed by atoms with van der Waals surface area (Å²) in [6, 6.07) is 0.278. The van der Waals surface area contributed by atoms with E-state index in [0.717, 1.165) is 6.42 Å². The molecule has 9 heavy (non-hydrogen) atoms.